The number of hydrogen-bond donors (Lipinski definition) is 1. The minimum Gasteiger partial charge on any atom is -0.308 e. The smallest absolute Gasteiger partial charge is 0.109 e. The first-order valence-electron chi connectivity index (χ1n) is 4.89. The predicted octanol–water partition coefficient (Wildman–Crippen LogP) is 3.07. The molecule has 0 fully saturated rings. The van der Waals surface area contributed by atoms with Crippen LogP contribution in [0.4, 0.5) is 0 Å². The highest BCUT2D eigenvalue weighted by atomic mass is 32.1. The number of nitrogens with zero attached hydrogens (tertiary/aromatic N) is 1. The van der Waals surface area contributed by atoms with Crippen molar-refractivity contribution in [1.29, 1.82) is 0 Å². The van der Waals surface area contributed by atoms with Gasteiger partial charge in [-0.05, 0) is 33.7 Å². The molecule has 0 saturated heterocycles. The maximum atomic E-state index is 4.35. The Bertz CT molecular complexity index is 304. The van der Waals surface area contributed by atoms with Crippen LogP contribution in [0.5, 0.6) is 0 Å². The Hall–Kier alpha value is -0.670. The van der Waals surface area contributed by atoms with Crippen molar-refractivity contribution in [2.75, 3.05) is 6.54 Å². The van der Waals surface area contributed by atoms with Gasteiger partial charge in [0, 0.05) is 11.1 Å². The number of thiazole rings is 1. The van der Waals surface area contributed by atoms with E-state index in [9.17, 15) is 0 Å². The quantitative estimate of drug-likeness (QED) is 0.755. The zero-order chi connectivity index (χ0) is 10.6. The van der Waals surface area contributed by atoms with Crippen LogP contribution >= 0.6 is 11.3 Å². The lowest BCUT2D eigenvalue weighted by atomic mass is 10.2. The zero-order valence-electron chi connectivity index (χ0n) is 9.13. The molecule has 2 nitrogen and oxygen atoms in total. The second kappa shape index (κ2) is 5.27. The summed E-state index contributed by atoms with van der Waals surface area (Å²) < 4.78 is 0. The molecule has 78 valence electrons. The van der Waals surface area contributed by atoms with E-state index in [-0.39, 0.29) is 0 Å². The number of rotatable bonds is 5. The van der Waals surface area contributed by atoms with E-state index in [0.29, 0.717) is 6.04 Å². The normalized spacial score (nSPS) is 12.8. The van der Waals surface area contributed by atoms with Gasteiger partial charge < -0.3 is 5.32 Å². The second-order valence-electron chi connectivity index (χ2n) is 3.69. The SMILES string of the molecule is C=C(C)CCNC(C)c1ncc(C)s1. The van der Waals surface area contributed by atoms with E-state index in [1.54, 1.807) is 11.3 Å². The van der Waals surface area contributed by atoms with Crippen LogP contribution in [0.1, 0.15) is 36.2 Å². The summed E-state index contributed by atoms with van der Waals surface area (Å²) in [5.74, 6) is 0. The summed E-state index contributed by atoms with van der Waals surface area (Å²) in [7, 11) is 0. The fraction of sp³-hybridized carbons (Fsp3) is 0.545. The second-order valence-corrected chi connectivity index (χ2v) is 4.96. The van der Waals surface area contributed by atoms with Crippen LogP contribution in [0.15, 0.2) is 18.3 Å². The third kappa shape index (κ3) is 3.60. The number of nitrogens with one attached hydrogen (secondary N) is 1. The van der Waals surface area contributed by atoms with Crippen molar-refractivity contribution in [3.63, 3.8) is 0 Å². The number of aryl methyl sites for hydroxylation is 1. The summed E-state index contributed by atoms with van der Waals surface area (Å²) in [4.78, 5) is 5.62. The van der Waals surface area contributed by atoms with Gasteiger partial charge in [0.2, 0.25) is 0 Å². The van der Waals surface area contributed by atoms with Crippen molar-refractivity contribution in [1.82, 2.24) is 10.3 Å². The Morgan fingerprint density at radius 3 is 2.93 bits per heavy atom. The first-order valence-corrected chi connectivity index (χ1v) is 5.71. The Kier molecular flexibility index (Phi) is 4.29. The first kappa shape index (κ1) is 11.4. The standard InChI is InChI=1S/C11H18N2S/c1-8(2)5-6-12-10(4)11-13-7-9(3)14-11/h7,10,12H,1,5-6H2,2-4H3. The molecule has 1 unspecified atom stereocenters. The summed E-state index contributed by atoms with van der Waals surface area (Å²) in [6.07, 6.45) is 2.96. The maximum Gasteiger partial charge on any atom is 0.109 e. The largest absolute Gasteiger partial charge is 0.308 e. The predicted molar refractivity (Wildman–Crippen MR) is 62.7 cm³/mol. The number of hydrogen-bond acceptors (Lipinski definition) is 3. The van der Waals surface area contributed by atoms with Crippen LogP contribution in [0, 0.1) is 6.92 Å². The Morgan fingerprint density at radius 2 is 2.43 bits per heavy atom. The minimum atomic E-state index is 0.355. The van der Waals surface area contributed by atoms with E-state index in [1.165, 1.54) is 15.5 Å². The van der Waals surface area contributed by atoms with Crippen molar-refractivity contribution in [3.8, 4) is 0 Å². The maximum absolute atomic E-state index is 4.35. The van der Waals surface area contributed by atoms with Gasteiger partial charge >= 0.3 is 0 Å². The fourth-order valence-electron chi connectivity index (χ4n) is 1.16. The highest BCUT2D eigenvalue weighted by Gasteiger charge is 2.07. The molecule has 0 spiro atoms. The lowest BCUT2D eigenvalue weighted by Crippen LogP contribution is -2.19. The molecule has 1 heterocycles. The average molecular weight is 210 g/mol. The molecule has 1 atom stereocenters. The van der Waals surface area contributed by atoms with Gasteiger partial charge in [-0.25, -0.2) is 4.98 Å². The topological polar surface area (TPSA) is 24.9 Å². The third-order valence-electron chi connectivity index (χ3n) is 2.01. The van der Waals surface area contributed by atoms with E-state index in [2.05, 4.69) is 37.7 Å². The Morgan fingerprint density at radius 1 is 1.71 bits per heavy atom. The third-order valence-corrected chi connectivity index (χ3v) is 3.11. The molecule has 1 N–H and O–H groups in total. The molecular formula is C11H18N2S. The van der Waals surface area contributed by atoms with Gasteiger partial charge in [0.05, 0.1) is 6.04 Å². The summed E-state index contributed by atoms with van der Waals surface area (Å²) >= 11 is 1.76. The van der Waals surface area contributed by atoms with Crippen LogP contribution in [0.3, 0.4) is 0 Å². The van der Waals surface area contributed by atoms with Crippen LogP contribution in [-0.4, -0.2) is 11.5 Å². The molecule has 0 amide bonds. The highest BCUT2D eigenvalue weighted by Crippen LogP contribution is 2.18. The van der Waals surface area contributed by atoms with Gasteiger partial charge in [-0.2, -0.15) is 0 Å². The van der Waals surface area contributed by atoms with Crippen LogP contribution in [0.25, 0.3) is 0 Å². The monoisotopic (exact) mass is 210 g/mol. The van der Waals surface area contributed by atoms with Gasteiger partial charge in [-0.3, -0.25) is 0 Å². The van der Waals surface area contributed by atoms with E-state index < -0.39 is 0 Å². The van der Waals surface area contributed by atoms with Gasteiger partial charge in [0.25, 0.3) is 0 Å². The average Bonchev–Trinajstić information content (AvgIpc) is 2.51. The van der Waals surface area contributed by atoms with Crippen molar-refractivity contribution in [2.45, 2.75) is 33.2 Å². The molecule has 0 saturated carbocycles. The van der Waals surface area contributed by atoms with Gasteiger partial charge in [-0.15, -0.1) is 17.9 Å². The lowest BCUT2D eigenvalue weighted by molar-refractivity contribution is 0.573. The molecule has 1 rings (SSSR count). The van der Waals surface area contributed by atoms with Gasteiger partial charge in [0.15, 0.2) is 0 Å². The molecule has 0 aliphatic heterocycles. The van der Waals surface area contributed by atoms with Crippen molar-refractivity contribution in [2.24, 2.45) is 0 Å². The molecule has 1 aromatic heterocycles. The lowest BCUT2D eigenvalue weighted by Gasteiger charge is -2.10. The van der Waals surface area contributed by atoms with Crippen LogP contribution < -0.4 is 5.32 Å². The first-order chi connectivity index (χ1) is 6.59. The zero-order valence-corrected chi connectivity index (χ0v) is 9.95. The van der Waals surface area contributed by atoms with Gasteiger partial charge in [-0.1, -0.05) is 5.57 Å². The number of aromatic nitrogens is 1. The van der Waals surface area contributed by atoms with Gasteiger partial charge in [0.1, 0.15) is 5.01 Å². The van der Waals surface area contributed by atoms with Crippen molar-refractivity contribution in [3.05, 3.63) is 28.2 Å². The van der Waals surface area contributed by atoms with E-state index in [4.69, 9.17) is 0 Å². The summed E-state index contributed by atoms with van der Waals surface area (Å²) in [5.41, 5.74) is 1.22. The molecule has 0 bridgehead atoms. The van der Waals surface area contributed by atoms with E-state index in [0.717, 1.165) is 13.0 Å². The summed E-state index contributed by atoms with van der Waals surface area (Å²) in [6.45, 7) is 11.1. The molecule has 3 heteroatoms. The molecule has 1 aromatic rings. The molecule has 0 aliphatic carbocycles. The van der Waals surface area contributed by atoms with Crippen LogP contribution in [-0.2, 0) is 0 Å². The summed E-state index contributed by atoms with van der Waals surface area (Å²) in [6, 6.07) is 0.355. The molecule has 0 radical (unpaired) electrons. The molecule has 0 aliphatic rings. The summed E-state index contributed by atoms with van der Waals surface area (Å²) in [5, 5.41) is 4.60. The minimum absolute atomic E-state index is 0.355. The molecular weight excluding hydrogens is 192 g/mol. The highest BCUT2D eigenvalue weighted by molar-refractivity contribution is 7.11. The Balaban J connectivity index is 2.35. The van der Waals surface area contributed by atoms with E-state index >= 15 is 0 Å². The van der Waals surface area contributed by atoms with Crippen molar-refractivity contribution < 1.29 is 0 Å². The Labute approximate surface area is 90.1 Å². The van der Waals surface area contributed by atoms with E-state index in [1.807, 2.05) is 6.20 Å². The fourth-order valence-corrected chi connectivity index (χ4v) is 1.96. The van der Waals surface area contributed by atoms with Crippen molar-refractivity contribution >= 4 is 11.3 Å². The molecule has 14 heavy (non-hydrogen) atoms. The van der Waals surface area contributed by atoms with Crippen LogP contribution in [0.2, 0.25) is 0 Å². The molecule has 0 aromatic carbocycles.